The van der Waals surface area contributed by atoms with E-state index >= 15 is 0 Å². The van der Waals surface area contributed by atoms with Gasteiger partial charge in [-0.3, -0.25) is 4.90 Å². The van der Waals surface area contributed by atoms with Gasteiger partial charge in [-0.25, -0.2) is 0 Å². The van der Waals surface area contributed by atoms with Gasteiger partial charge in [0.05, 0.1) is 12.2 Å². The summed E-state index contributed by atoms with van der Waals surface area (Å²) in [6.07, 6.45) is 11.7. The molecule has 0 saturated carbocycles. The third kappa shape index (κ3) is 4.24. The Labute approximate surface area is 166 Å². The molecule has 0 amide bonds. The van der Waals surface area contributed by atoms with Crippen molar-refractivity contribution in [1.82, 2.24) is 9.80 Å². The molecule has 0 bridgehead atoms. The van der Waals surface area contributed by atoms with E-state index in [1.54, 1.807) is 0 Å². The number of likely N-dealkylation sites (tertiary alicyclic amines) is 2. The number of piperidine rings is 1. The molecule has 0 N–H and O–H groups in total. The molecule has 4 aliphatic heterocycles. The van der Waals surface area contributed by atoms with Crippen LogP contribution in [0, 0.1) is 5.92 Å². The van der Waals surface area contributed by atoms with Gasteiger partial charge in [-0.05, 0) is 91.0 Å². The van der Waals surface area contributed by atoms with Gasteiger partial charge in [0.2, 0.25) is 0 Å². The van der Waals surface area contributed by atoms with Gasteiger partial charge in [0.25, 0.3) is 0 Å². The number of ether oxygens (including phenoxy) is 2. The summed E-state index contributed by atoms with van der Waals surface area (Å²) in [5.74, 6) is 0.835. The minimum absolute atomic E-state index is 0.185. The zero-order chi connectivity index (χ0) is 18.9. The molecule has 4 saturated heterocycles. The Bertz CT molecular complexity index is 481. The van der Waals surface area contributed by atoms with Crippen molar-refractivity contribution in [3.63, 3.8) is 0 Å². The van der Waals surface area contributed by atoms with Crippen LogP contribution < -0.4 is 0 Å². The minimum atomic E-state index is 0.185. The second-order valence-electron chi connectivity index (χ2n) is 10.3. The summed E-state index contributed by atoms with van der Waals surface area (Å²) in [7, 11) is 0. The van der Waals surface area contributed by atoms with Gasteiger partial charge in [0, 0.05) is 43.9 Å². The highest BCUT2D eigenvalue weighted by atomic mass is 16.5. The molecular weight excluding hydrogens is 336 g/mol. The molecule has 0 radical (unpaired) electrons. The first-order valence-electron chi connectivity index (χ1n) is 11.7. The summed E-state index contributed by atoms with van der Waals surface area (Å²) in [4.78, 5) is 5.47. The summed E-state index contributed by atoms with van der Waals surface area (Å²) in [6.45, 7) is 13.8. The quantitative estimate of drug-likeness (QED) is 0.736. The van der Waals surface area contributed by atoms with Gasteiger partial charge in [-0.1, -0.05) is 0 Å². The predicted molar refractivity (Wildman–Crippen MR) is 110 cm³/mol. The Hall–Kier alpha value is -0.160. The highest BCUT2D eigenvalue weighted by molar-refractivity contribution is 5.00. The van der Waals surface area contributed by atoms with E-state index in [1.165, 1.54) is 77.4 Å². The Morgan fingerprint density at radius 2 is 1.74 bits per heavy atom. The summed E-state index contributed by atoms with van der Waals surface area (Å²) in [6, 6.07) is 1.36. The zero-order valence-electron chi connectivity index (χ0n) is 18.0. The van der Waals surface area contributed by atoms with Crippen molar-refractivity contribution in [3.8, 4) is 0 Å². The molecule has 27 heavy (non-hydrogen) atoms. The molecule has 0 aromatic heterocycles. The van der Waals surface area contributed by atoms with Gasteiger partial charge >= 0.3 is 0 Å². The fraction of sp³-hybridized carbons (Fsp3) is 1.00. The van der Waals surface area contributed by atoms with E-state index in [1.807, 2.05) is 0 Å². The summed E-state index contributed by atoms with van der Waals surface area (Å²) < 4.78 is 12.4. The predicted octanol–water partition coefficient (Wildman–Crippen LogP) is 4.08. The number of hydrogen-bond acceptors (Lipinski definition) is 4. The lowest BCUT2D eigenvalue weighted by Crippen LogP contribution is -2.54. The number of nitrogens with zero attached hydrogens (tertiary/aromatic N) is 2. The van der Waals surface area contributed by atoms with Gasteiger partial charge in [0.1, 0.15) is 0 Å². The Kier molecular flexibility index (Phi) is 6.18. The summed E-state index contributed by atoms with van der Waals surface area (Å²) in [5, 5.41) is 0. The van der Waals surface area contributed by atoms with E-state index in [4.69, 9.17) is 9.47 Å². The first-order valence-corrected chi connectivity index (χ1v) is 11.7. The normalized spacial score (nSPS) is 36.7. The second kappa shape index (κ2) is 8.30. The first-order chi connectivity index (χ1) is 13.0. The average molecular weight is 379 g/mol. The van der Waals surface area contributed by atoms with Crippen LogP contribution >= 0.6 is 0 Å². The van der Waals surface area contributed by atoms with Crippen molar-refractivity contribution < 1.29 is 9.47 Å². The van der Waals surface area contributed by atoms with Crippen molar-refractivity contribution in [1.29, 1.82) is 0 Å². The highest BCUT2D eigenvalue weighted by Gasteiger charge is 2.46. The van der Waals surface area contributed by atoms with E-state index in [0.717, 1.165) is 25.7 Å². The first kappa shape index (κ1) is 20.1. The standard InChI is InChI=1S/C23H42N2O2/c1-19(2)24-12-9-23(10-13-24)17-21(6-15-27-23)16-20(3)25-11-4-7-22(25)8-5-14-26-18-22/h19-21H,4-18H2,1-3H3. The van der Waals surface area contributed by atoms with E-state index in [-0.39, 0.29) is 5.60 Å². The topological polar surface area (TPSA) is 24.9 Å². The SMILES string of the molecule is CC(C)N1CCC2(CC1)CC(CC(C)N1CCCC13CCCOC3)CCO2. The monoisotopic (exact) mass is 378 g/mol. The molecule has 3 atom stereocenters. The molecule has 0 aromatic rings. The van der Waals surface area contributed by atoms with Crippen molar-refractivity contribution in [2.24, 2.45) is 5.92 Å². The molecule has 3 unspecified atom stereocenters. The average Bonchev–Trinajstić information content (AvgIpc) is 3.05. The van der Waals surface area contributed by atoms with Crippen LogP contribution in [0.3, 0.4) is 0 Å². The van der Waals surface area contributed by atoms with Crippen molar-refractivity contribution in [2.45, 2.75) is 102 Å². The lowest BCUT2D eigenvalue weighted by Gasteiger charge is -2.49. The fourth-order valence-electron chi connectivity index (χ4n) is 6.64. The van der Waals surface area contributed by atoms with E-state index < -0.39 is 0 Å². The maximum atomic E-state index is 6.42. The van der Waals surface area contributed by atoms with Gasteiger partial charge in [-0.2, -0.15) is 0 Å². The molecule has 4 fully saturated rings. The van der Waals surface area contributed by atoms with Crippen LogP contribution in [0.15, 0.2) is 0 Å². The minimum Gasteiger partial charge on any atom is -0.380 e. The molecule has 4 nitrogen and oxygen atoms in total. The summed E-state index contributed by atoms with van der Waals surface area (Å²) in [5.41, 5.74) is 0.549. The number of hydrogen-bond donors (Lipinski definition) is 0. The van der Waals surface area contributed by atoms with Crippen LogP contribution in [-0.2, 0) is 9.47 Å². The van der Waals surface area contributed by atoms with E-state index in [9.17, 15) is 0 Å². The summed E-state index contributed by atoms with van der Waals surface area (Å²) >= 11 is 0. The Morgan fingerprint density at radius 3 is 2.44 bits per heavy atom. The second-order valence-corrected chi connectivity index (χ2v) is 10.3. The van der Waals surface area contributed by atoms with Crippen LogP contribution in [0.5, 0.6) is 0 Å². The molecule has 4 aliphatic rings. The molecule has 156 valence electrons. The Balaban J connectivity index is 1.34. The van der Waals surface area contributed by atoms with Crippen LogP contribution in [0.4, 0.5) is 0 Å². The lowest BCUT2D eigenvalue weighted by molar-refractivity contribution is -0.133. The number of rotatable bonds is 4. The van der Waals surface area contributed by atoms with Gasteiger partial charge in [-0.15, -0.1) is 0 Å². The molecule has 4 heterocycles. The maximum Gasteiger partial charge on any atom is 0.0709 e. The molecule has 4 rings (SSSR count). The molecule has 0 aromatic carbocycles. The molecular formula is C23H42N2O2. The molecule has 4 heteroatoms. The molecule has 0 aliphatic carbocycles. The maximum absolute atomic E-state index is 6.42. The van der Waals surface area contributed by atoms with Crippen molar-refractivity contribution in [2.75, 3.05) is 39.5 Å². The van der Waals surface area contributed by atoms with E-state index in [0.29, 0.717) is 17.6 Å². The smallest absolute Gasteiger partial charge is 0.0709 e. The van der Waals surface area contributed by atoms with Crippen LogP contribution in [0.25, 0.3) is 0 Å². The highest BCUT2D eigenvalue weighted by Crippen LogP contribution is 2.42. The zero-order valence-corrected chi connectivity index (χ0v) is 18.0. The van der Waals surface area contributed by atoms with Gasteiger partial charge in [0.15, 0.2) is 0 Å². The fourth-order valence-corrected chi connectivity index (χ4v) is 6.64. The third-order valence-electron chi connectivity index (χ3n) is 8.19. The van der Waals surface area contributed by atoms with Gasteiger partial charge < -0.3 is 14.4 Å². The lowest BCUT2D eigenvalue weighted by atomic mass is 9.77. The van der Waals surface area contributed by atoms with Crippen LogP contribution in [0.1, 0.15) is 78.6 Å². The van der Waals surface area contributed by atoms with Crippen LogP contribution in [0.2, 0.25) is 0 Å². The molecule has 2 spiro atoms. The van der Waals surface area contributed by atoms with Crippen LogP contribution in [-0.4, -0.2) is 72.5 Å². The Morgan fingerprint density at radius 1 is 0.963 bits per heavy atom. The van der Waals surface area contributed by atoms with Crippen molar-refractivity contribution >= 4 is 0 Å². The largest absolute Gasteiger partial charge is 0.380 e. The van der Waals surface area contributed by atoms with E-state index in [2.05, 4.69) is 30.6 Å². The van der Waals surface area contributed by atoms with Crippen molar-refractivity contribution in [3.05, 3.63) is 0 Å². The third-order valence-corrected chi connectivity index (χ3v) is 8.19.